The molecule has 0 aromatic carbocycles. The first-order valence-electron chi connectivity index (χ1n) is 3.96. The summed E-state index contributed by atoms with van der Waals surface area (Å²) in [6.07, 6.45) is 2.60. The van der Waals surface area contributed by atoms with Crippen LogP contribution in [0, 0.1) is 0 Å². The normalized spacial score (nSPS) is 12.0. The van der Waals surface area contributed by atoms with Crippen molar-refractivity contribution in [2.24, 2.45) is 5.73 Å². The molecule has 0 amide bonds. The third-order valence-electron chi connectivity index (χ3n) is 1.48. The Morgan fingerprint density at radius 1 is 1.40 bits per heavy atom. The predicted octanol–water partition coefficient (Wildman–Crippen LogP) is 2.26. The van der Waals surface area contributed by atoms with E-state index in [1.807, 2.05) is 11.8 Å². The van der Waals surface area contributed by atoms with Gasteiger partial charge in [-0.25, -0.2) is 0 Å². The summed E-state index contributed by atoms with van der Waals surface area (Å²) in [6, 6.07) is 0. The Balaban J connectivity index is 3.28. The van der Waals surface area contributed by atoms with Crippen LogP contribution in [0.3, 0.4) is 0 Å². The molecular formula is C8H19NS. The van der Waals surface area contributed by atoms with Crippen LogP contribution in [0.2, 0.25) is 0 Å². The van der Waals surface area contributed by atoms with E-state index in [9.17, 15) is 0 Å². The minimum Gasteiger partial charge on any atom is -0.329 e. The zero-order valence-electron chi connectivity index (χ0n) is 7.31. The van der Waals surface area contributed by atoms with E-state index in [4.69, 9.17) is 5.73 Å². The van der Waals surface area contributed by atoms with Crippen LogP contribution in [0.4, 0.5) is 0 Å². The lowest BCUT2D eigenvalue weighted by Crippen LogP contribution is -2.27. The highest BCUT2D eigenvalue weighted by Gasteiger charge is 2.14. The summed E-state index contributed by atoms with van der Waals surface area (Å²) in [5, 5.41) is 0. The standard InChI is InChI=1S/C8H19NS/c1-4-5-6-10-8(2,3)7-9/h4-7,9H2,1-3H3. The van der Waals surface area contributed by atoms with Gasteiger partial charge < -0.3 is 5.73 Å². The summed E-state index contributed by atoms with van der Waals surface area (Å²) in [5.74, 6) is 1.25. The Kier molecular flexibility index (Phi) is 5.18. The van der Waals surface area contributed by atoms with Gasteiger partial charge in [-0.1, -0.05) is 13.3 Å². The number of thioether (sulfide) groups is 1. The second kappa shape index (κ2) is 5.03. The molecule has 62 valence electrons. The molecule has 0 spiro atoms. The molecule has 0 aliphatic heterocycles. The summed E-state index contributed by atoms with van der Waals surface area (Å²) in [6.45, 7) is 7.40. The highest BCUT2D eigenvalue weighted by molar-refractivity contribution is 8.00. The minimum absolute atomic E-state index is 0.287. The lowest BCUT2D eigenvalue weighted by molar-refractivity contribution is 0.720. The molecule has 0 aromatic heterocycles. The van der Waals surface area contributed by atoms with Crippen molar-refractivity contribution in [2.45, 2.75) is 38.4 Å². The molecule has 0 saturated heterocycles. The number of hydrogen-bond acceptors (Lipinski definition) is 2. The lowest BCUT2D eigenvalue weighted by Gasteiger charge is -2.21. The maximum Gasteiger partial charge on any atom is 0.0225 e. The average Bonchev–Trinajstić information content (AvgIpc) is 1.89. The third-order valence-corrected chi connectivity index (χ3v) is 2.92. The Morgan fingerprint density at radius 3 is 2.40 bits per heavy atom. The molecule has 10 heavy (non-hydrogen) atoms. The predicted molar refractivity (Wildman–Crippen MR) is 50.5 cm³/mol. The van der Waals surface area contributed by atoms with Gasteiger partial charge in [-0.3, -0.25) is 0 Å². The summed E-state index contributed by atoms with van der Waals surface area (Å²) in [5.41, 5.74) is 5.57. The van der Waals surface area contributed by atoms with Crippen LogP contribution < -0.4 is 5.73 Å². The van der Waals surface area contributed by atoms with E-state index in [0.29, 0.717) is 0 Å². The Labute approximate surface area is 68.8 Å². The molecule has 0 fully saturated rings. The van der Waals surface area contributed by atoms with E-state index in [2.05, 4.69) is 20.8 Å². The molecule has 0 heterocycles. The highest BCUT2D eigenvalue weighted by atomic mass is 32.2. The molecule has 0 aliphatic rings. The average molecular weight is 161 g/mol. The van der Waals surface area contributed by atoms with Gasteiger partial charge in [-0.15, -0.1) is 0 Å². The maximum atomic E-state index is 5.57. The summed E-state index contributed by atoms with van der Waals surface area (Å²) in [4.78, 5) is 0. The molecule has 0 unspecified atom stereocenters. The summed E-state index contributed by atoms with van der Waals surface area (Å²) >= 11 is 1.98. The molecule has 0 bridgehead atoms. The third kappa shape index (κ3) is 5.12. The van der Waals surface area contributed by atoms with Gasteiger partial charge in [0.05, 0.1) is 0 Å². The van der Waals surface area contributed by atoms with Crippen LogP contribution in [-0.4, -0.2) is 17.0 Å². The molecule has 0 saturated carbocycles. The van der Waals surface area contributed by atoms with E-state index in [1.165, 1.54) is 18.6 Å². The van der Waals surface area contributed by atoms with Gasteiger partial charge in [0.1, 0.15) is 0 Å². The van der Waals surface area contributed by atoms with Crippen molar-refractivity contribution in [1.82, 2.24) is 0 Å². The van der Waals surface area contributed by atoms with Crippen molar-refractivity contribution >= 4 is 11.8 Å². The van der Waals surface area contributed by atoms with Crippen LogP contribution in [0.1, 0.15) is 33.6 Å². The molecule has 0 aromatic rings. The zero-order chi connectivity index (χ0) is 8.04. The highest BCUT2D eigenvalue weighted by Crippen LogP contribution is 2.23. The first-order chi connectivity index (χ1) is 4.62. The Bertz CT molecular complexity index is 81.3. The SMILES string of the molecule is CCCCSC(C)(C)CN. The number of nitrogens with two attached hydrogens (primary N) is 1. The molecule has 1 nitrogen and oxygen atoms in total. The molecule has 0 radical (unpaired) electrons. The van der Waals surface area contributed by atoms with Crippen molar-refractivity contribution in [2.75, 3.05) is 12.3 Å². The van der Waals surface area contributed by atoms with Crippen molar-refractivity contribution in [3.8, 4) is 0 Å². The van der Waals surface area contributed by atoms with Crippen LogP contribution in [0.5, 0.6) is 0 Å². The molecular weight excluding hydrogens is 142 g/mol. The van der Waals surface area contributed by atoms with E-state index >= 15 is 0 Å². The number of unbranched alkanes of at least 4 members (excludes halogenated alkanes) is 1. The number of rotatable bonds is 5. The summed E-state index contributed by atoms with van der Waals surface area (Å²) in [7, 11) is 0. The van der Waals surface area contributed by atoms with E-state index in [1.54, 1.807) is 0 Å². The fourth-order valence-electron chi connectivity index (χ4n) is 0.552. The van der Waals surface area contributed by atoms with Crippen molar-refractivity contribution in [3.63, 3.8) is 0 Å². The fraction of sp³-hybridized carbons (Fsp3) is 1.00. The van der Waals surface area contributed by atoms with Crippen LogP contribution in [0.15, 0.2) is 0 Å². The Morgan fingerprint density at radius 2 is 2.00 bits per heavy atom. The van der Waals surface area contributed by atoms with E-state index < -0.39 is 0 Å². The Hall–Kier alpha value is 0.310. The van der Waals surface area contributed by atoms with Gasteiger partial charge in [0, 0.05) is 11.3 Å². The smallest absolute Gasteiger partial charge is 0.0225 e. The van der Waals surface area contributed by atoms with Gasteiger partial charge in [-0.05, 0) is 26.0 Å². The van der Waals surface area contributed by atoms with Gasteiger partial charge >= 0.3 is 0 Å². The largest absolute Gasteiger partial charge is 0.329 e. The number of hydrogen-bond donors (Lipinski definition) is 1. The topological polar surface area (TPSA) is 26.0 Å². The molecule has 2 N–H and O–H groups in total. The molecule has 0 atom stereocenters. The fourth-order valence-corrected chi connectivity index (χ4v) is 1.66. The van der Waals surface area contributed by atoms with Gasteiger partial charge in [0.2, 0.25) is 0 Å². The maximum absolute atomic E-state index is 5.57. The van der Waals surface area contributed by atoms with Crippen molar-refractivity contribution in [3.05, 3.63) is 0 Å². The molecule has 0 aliphatic carbocycles. The van der Waals surface area contributed by atoms with Gasteiger partial charge in [0.25, 0.3) is 0 Å². The quantitative estimate of drug-likeness (QED) is 0.626. The van der Waals surface area contributed by atoms with Crippen LogP contribution >= 0.6 is 11.8 Å². The molecule has 2 heteroatoms. The second-order valence-electron chi connectivity index (χ2n) is 3.17. The van der Waals surface area contributed by atoms with Crippen LogP contribution in [0.25, 0.3) is 0 Å². The van der Waals surface area contributed by atoms with Gasteiger partial charge in [-0.2, -0.15) is 11.8 Å². The first-order valence-corrected chi connectivity index (χ1v) is 4.95. The lowest BCUT2D eigenvalue weighted by atomic mass is 10.2. The molecule has 0 rings (SSSR count). The second-order valence-corrected chi connectivity index (χ2v) is 4.97. The van der Waals surface area contributed by atoms with E-state index in [-0.39, 0.29) is 4.75 Å². The van der Waals surface area contributed by atoms with Gasteiger partial charge in [0.15, 0.2) is 0 Å². The van der Waals surface area contributed by atoms with Crippen molar-refractivity contribution < 1.29 is 0 Å². The zero-order valence-corrected chi connectivity index (χ0v) is 8.13. The van der Waals surface area contributed by atoms with Crippen molar-refractivity contribution in [1.29, 1.82) is 0 Å². The monoisotopic (exact) mass is 161 g/mol. The minimum atomic E-state index is 0.287. The summed E-state index contributed by atoms with van der Waals surface area (Å²) < 4.78 is 0.287. The van der Waals surface area contributed by atoms with Crippen LogP contribution in [-0.2, 0) is 0 Å². The van der Waals surface area contributed by atoms with E-state index in [0.717, 1.165) is 6.54 Å². The first kappa shape index (κ1) is 10.3.